The summed E-state index contributed by atoms with van der Waals surface area (Å²) in [5.74, 6) is -19.0. The zero-order chi connectivity index (χ0) is 15.8. The summed E-state index contributed by atoms with van der Waals surface area (Å²) in [6, 6.07) is 0. The van der Waals surface area contributed by atoms with Crippen LogP contribution in [0.2, 0.25) is 0 Å². The number of epoxide rings is 1. The van der Waals surface area contributed by atoms with Crippen LogP contribution in [0.1, 0.15) is 6.42 Å². The summed E-state index contributed by atoms with van der Waals surface area (Å²) in [6.45, 7) is -1.05. The first kappa shape index (κ1) is 17.3. The van der Waals surface area contributed by atoms with Crippen LogP contribution in [0.4, 0.5) is 39.5 Å². The van der Waals surface area contributed by atoms with Crippen molar-refractivity contribution in [2.75, 3.05) is 19.8 Å². The number of alkyl halides is 9. The second-order valence-electron chi connectivity index (χ2n) is 4.13. The van der Waals surface area contributed by atoms with Gasteiger partial charge in [-0.1, -0.05) is 0 Å². The van der Waals surface area contributed by atoms with Crippen molar-refractivity contribution in [2.24, 2.45) is 0 Å². The minimum absolute atomic E-state index is 0.225. The lowest BCUT2D eigenvalue weighted by Gasteiger charge is -2.33. The van der Waals surface area contributed by atoms with Crippen LogP contribution in [0.5, 0.6) is 0 Å². The van der Waals surface area contributed by atoms with Gasteiger partial charge in [0, 0.05) is 6.42 Å². The third-order valence-electron chi connectivity index (χ3n) is 2.48. The quantitative estimate of drug-likeness (QED) is 0.408. The number of rotatable bonds is 7. The Morgan fingerprint density at radius 1 is 0.900 bits per heavy atom. The van der Waals surface area contributed by atoms with Gasteiger partial charge in [0.1, 0.15) is 6.10 Å². The highest BCUT2D eigenvalue weighted by Gasteiger charge is 2.81. The zero-order valence-corrected chi connectivity index (χ0v) is 9.62. The van der Waals surface area contributed by atoms with Gasteiger partial charge in [0.05, 0.1) is 19.8 Å². The van der Waals surface area contributed by atoms with Gasteiger partial charge < -0.3 is 9.47 Å². The van der Waals surface area contributed by atoms with E-state index in [4.69, 9.17) is 0 Å². The van der Waals surface area contributed by atoms with E-state index in [1.54, 1.807) is 0 Å². The largest absolute Gasteiger partial charge is 0.460 e. The molecule has 1 atom stereocenters. The van der Waals surface area contributed by atoms with E-state index in [-0.39, 0.29) is 19.3 Å². The molecule has 120 valence electrons. The predicted molar refractivity (Wildman–Crippen MR) is 46.1 cm³/mol. The molecule has 1 fully saturated rings. The molecule has 0 saturated carbocycles. The van der Waals surface area contributed by atoms with Gasteiger partial charge in [-0.15, -0.1) is 0 Å². The molecule has 0 aromatic heterocycles. The topological polar surface area (TPSA) is 21.8 Å². The SMILES string of the molecule is FC(F)(F)C(F)(F)C(F)(F)C(F)(F)CCOC[C@@H]1CO1. The fourth-order valence-corrected chi connectivity index (χ4v) is 1.14. The second-order valence-corrected chi connectivity index (χ2v) is 4.13. The van der Waals surface area contributed by atoms with E-state index in [2.05, 4.69) is 9.47 Å². The van der Waals surface area contributed by atoms with Crippen LogP contribution in [0, 0.1) is 0 Å². The standard InChI is InChI=1S/C9H9F9O2/c10-6(11,1-2-19-3-5-4-20-5)7(12,13)8(14,15)9(16,17)18/h5H,1-4H2/t5-/m1/s1. The van der Waals surface area contributed by atoms with Gasteiger partial charge in [0.25, 0.3) is 0 Å². The molecule has 0 aliphatic carbocycles. The second kappa shape index (κ2) is 5.24. The summed E-state index contributed by atoms with van der Waals surface area (Å²) in [6.07, 6.45) is -9.15. The van der Waals surface area contributed by atoms with Gasteiger partial charge in [-0.25, -0.2) is 0 Å². The summed E-state index contributed by atoms with van der Waals surface area (Å²) in [5, 5.41) is 0. The van der Waals surface area contributed by atoms with Crippen molar-refractivity contribution in [2.45, 2.75) is 36.5 Å². The molecular formula is C9H9F9O2. The van der Waals surface area contributed by atoms with Crippen molar-refractivity contribution in [3.8, 4) is 0 Å². The van der Waals surface area contributed by atoms with E-state index in [0.717, 1.165) is 0 Å². The minimum Gasteiger partial charge on any atom is -0.378 e. The molecule has 0 aromatic carbocycles. The van der Waals surface area contributed by atoms with Crippen LogP contribution in [-0.2, 0) is 9.47 Å². The first-order valence-electron chi connectivity index (χ1n) is 5.22. The Labute approximate surface area is 106 Å². The van der Waals surface area contributed by atoms with Crippen LogP contribution >= 0.6 is 0 Å². The lowest BCUT2D eigenvalue weighted by molar-refractivity contribution is -0.397. The maximum absolute atomic E-state index is 12.9. The van der Waals surface area contributed by atoms with Crippen LogP contribution in [-0.4, -0.2) is 49.9 Å². The van der Waals surface area contributed by atoms with Crippen molar-refractivity contribution in [3.63, 3.8) is 0 Å². The maximum Gasteiger partial charge on any atom is 0.460 e. The molecule has 0 spiro atoms. The lowest BCUT2D eigenvalue weighted by Crippen LogP contribution is -2.61. The van der Waals surface area contributed by atoms with Crippen LogP contribution in [0.15, 0.2) is 0 Å². The molecule has 0 N–H and O–H groups in total. The zero-order valence-electron chi connectivity index (χ0n) is 9.62. The molecular weight excluding hydrogens is 311 g/mol. The molecule has 0 radical (unpaired) electrons. The molecule has 0 unspecified atom stereocenters. The monoisotopic (exact) mass is 320 g/mol. The molecule has 11 heteroatoms. The van der Waals surface area contributed by atoms with E-state index in [0.29, 0.717) is 0 Å². The van der Waals surface area contributed by atoms with Gasteiger partial charge in [-0.2, -0.15) is 39.5 Å². The molecule has 0 aromatic rings. The molecule has 1 heterocycles. The fourth-order valence-electron chi connectivity index (χ4n) is 1.14. The van der Waals surface area contributed by atoms with Gasteiger partial charge >= 0.3 is 23.9 Å². The maximum atomic E-state index is 12.9. The number of halogens is 9. The van der Waals surface area contributed by atoms with Gasteiger partial charge in [0.2, 0.25) is 0 Å². The van der Waals surface area contributed by atoms with Crippen molar-refractivity contribution in [3.05, 3.63) is 0 Å². The highest BCUT2D eigenvalue weighted by atomic mass is 19.4. The van der Waals surface area contributed by atoms with Crippen LogP contribution in [0.25, 0.3) is 0 Å². The summed E-state index contributed by atoms with van der Waals surface area (Å²) in [5.41, 5.74) is 0. The highest BCUT2D eigenvalue weighted by molar-refractivity contribution is 5.00. The predicted octanol–water partition coefficient (Wildman–Crippen LogP) is 3.26. The number of hydrogen-bond donors (Lipinski definition) is 0. The summed E-state index contributed by atoms with van der Waals surface area (Å²) in [7, 11) is 0. The molecule has 1 aliphatic rings. The Morgan fingerprint density at radius 2 is 1.40 bits per heavy atom. The third kappa shape index (κ3) is 3.30. The molecule has 2 nitrogen and oxygen atoms in total. The average molecular weight is 320 g/mol. The van der Waals surface area contributed by atoms with E-state index in [1.165, 1.54) is 0 Å². The first-order chi connectivity index (χ1) is 8.83. The Balaban J connectivity index is 2.66. The van der Waals surface area contributed by atoms with E-state index in [1.807, 2.05) is 0 Å². The van der Waals surface area contributed by atoms with Crippen LogP contribution in [0.3, 0.4) is 0 Å². The normalized spacial score (nSPS) is 21.1. The van der Waals surface area contributed by atoms with Gasteiger partial charge in [0.15, 0.2) is 0 Å². The van der Waals surface area contributed by atoms with Crippen molar-refractivity contribution in [1.29, 1.82) is 0 Å². The number of ether oxygens (including phenoxy) is 2. The van der Waals surface area contributed by atoms with Crippen LogP contribution < -0.4 is 0 Å². The Morgan fingerprint density at radius 3 is 1.80 bits per heavy atom. The Hall–Kier alpha value is -0.710. The molecule has 0 amide bonds. The van der Waals surface area contributed by atoms with Gasteiger partial charge in [-0.3, -0.25) is 0 Å². The fraction of sp³-hybridized carbons (Fsp3) is 1.00. The van der Waals surface area contributed by atoms with Gasteiger partial charge in [-0.05, 0) is 0 Å². The highest BCUT2D eigenvalue weighted by Crippen LogP contribution is 2.53. The minimum atomic E-state index is -6.84. The molecule has 1 rings (SSSR count). The molecule has 1 saturated heterocycles. The molecule has 1 aliphatic heterocycles. The van der Waals surface area contributed by atoms with Crippen molar-refractivity contribution >= 4 is 0 Å². The van der Waals surface area contributed by atoms with Crippen molar-refractivity contribution in [1.82, 2.24) is 0 Å². The molecule has 0 bridgehead atoms. The van der Waals surface area contributed by atoms with E-state index < -0.39 is 37.0 Å². The summed E-state index contributed by atoms with van der Waals surface area (Å²) in [4.78, 5) is 0. The van der Waals surface area contributed by atoms with E-state index >= 15 is 0 Å². The van der Waals surface area contributed by atoms with Crippen molar-refractivity contribution < 1.29 is 49.0 Å². The molecule has 20 heavy (non-hydrogen) atoms. The third-order valence-corrected chi connectivity index (χ3v) is 2.48. The van der Waals surface area contributed by atoms with E-state index in [9.17, 15) is 39.5 Å². The summed E-state index contributed by atoms with van der Waals surface area (Å²) < 4.78 is 121. The average Bonchev–Trinajstić information content (AvgIpc) is 3.06. The lowest BCUT2D eigenvalue weighted by atomic mass is 10.0. The summed E-state index contributed by atoms with van der Waals surface area (Å²) >= 11 is 0. The smallest absolute Gasteiger partial charge is 0.378 e. The Kier molecular flexibility index (Phi) is 4.55. The Bertz CT molecular complexity index is 335. The number of hydrogen-bond acceptors (Lipinski definition) is 2. The first-order valence-corrected chi connectivity index (χ1v) is 5.22.